The number of nitrogens with zero attached hydrogens (tertiary/aromatic N) is 3. The predicted octanol–water partition coefficient (Wildman–Crippen LogP) is 3.76. The number of benzene rings is 2. The number of nitrogens with one attached hydrogen (secondary N) is 1. The van der Waals surface area contributed by atoms with Crippen LogP contribution < -0.4 is 10.6 Å². The Balaban J connectivity index is 2.02. The van der Waals surface area contributed by atoms with E-state index in [0.29, 0.717) is 16.8 Å². The molecule has 1 aromatic heterocycles. The van der Waals surface area contributed by atoms with E-state index in [4.69, 9.17) is 11.6 Å². The average Bonchev–Trinajstić information content (AvgIpc) is 2.94. The molecule has 2 aromatic carbocycles. The Morgan fingerprint density at radius 3 is 2.46 bits per heavy atom. The van der Waals surface area contributed by atoms with Crippen LogP contribution in [0.5, 0.6) is 0 Å². The minimum Gasteiger partial charge on any atom is -0.288 e. The molecule has 3 aromatic rings. The Bertz CT molecular complexity index is 1060. The Hall–Kier alpha value is -3.26. The number of imide groups is 1. The summed E-state index contributed by atoms with van der Waals surface area (Å²) in [5.41, 5.74) is 0.366. The number of fused-ring (bicyclic) bond motifs is 1. The zero-order chi connectivity index (χ0) is 18.4. The first kappa shape index (κ1) is 16.2. The summed E-state index contributed by atoms with van der Waals surface area (Å²) in [5.74, 6) is -2.47. The molecular weight excluding hydrogens is 366 g/mol. The third-order valence-corrected chi connectivity index (χ3v) is 4.02. The van der Waals surface area contributed by atoms with Crippen LogP contribution in [0.2, 0.25) is 5.02 Å². The van der Waals surface area contributed by atoms with Crippen LogP contribution in [0.15, 0.2) is 42.5 Å². The third-order valence-electron chi connectivity index (χ3n) is 3.77. The zero-order valence-corrected chi connectivity index (χ0v) is 13.6. The minimum atomic E-state index is -0.866. The van der Waals surface area contributed by atoms with E-state index >= 15 is 0 Å². The predicted molar refractivity (Wildman–Crippen MR) is 89.4 cm³/mol. The van der Waals surface area contributed by atoms with E-state index < -0.39 is 23.6 Å². The van der Waals surface area contributed by atoms with Crippen LogP contribution in [0.25, 0.3) is 17.1 Å². The molecule has 0 bridgehead atoms. The van der Waals surface area contributed by atoms with Gasteiger partial charge in [-0.2, -0.15) is 5.32 Å². The highest BCUT2D eigenvalue weighted by molar-refractivity contribution is 6.30. The van der Waals surface area contributed by atoms with Gasteiger partial charge in [-0.05, 0) is 36.4 Å². The summed E-state index contributed by atoms with van der Waals surface area (Å²) in [6, 6.07) is 8.47. The molecule has 0 saturated heterocycles. The van der Waals surface area contributed by atoms with E-state index in [1.165, 1.54) is 10.6 Å². The van der Waals surface area contributed by atoms with Gasteiger partial charge in [0.05, 0.1) is 5.56 Å². The average molecular weight is 374 g/mol. The van der Waals surface area contributed by atoms with Crippen LogP contribution in [0.1, 0.15) is 10.5 Å². The SMILES string of the molecule is O=C1[N]C(=O)c2c(nc(-c3ccc(F)cc3F)n2-c2ccc(Cl)cc2)N1. The number of aromatic nitrogens is 2. The smallest absolute Gasteiger partial charge is 0.288 e. The van der Waals surface area contributed by atoms with E-state index in [-0.39, 0.29) is 22.9 Å². The van der Waals surface area contributed by atoms with E-state index in [2.05, 4.69) is 15.6 Å². The van der Waals surface area contributed by atoms with Gasteiger partial charge in [-0.1, -0.05) is 11.6 Å². The van der Waals surface area contributed by atoms with Crippen LogP contribution in [-0.2, 0) is 0 Å². The summed E-state index contributed by atoms with van der Waals surface area (Å²) in [5, 5.41) is 6.15. The number of urea groups is 1. The summed E-state index contributed by atoms with van der Waals surface area (Å²) in [7, 11) is 0. The first-order chi connectivity index (χ1) is 12.4. The summed E-state index contributed by atoms with van der Waals surface area (Å²) < 4.78 is 28.9. The number of amides is 3. The fourth-order valence-corrected chi connectivity index (χ4v) is 2.80. The lowest BCUT2D eigenvalue weighted by Gasteiger charge is -2.14. The molecule has 26 heavy (non-hydrogen) atoms. The van der Waals surface area contributed by atoms with Gasteiger partial charge < -0.3 is 0 Å². The van der Waals surface area contributed by atoms with Gasteiger partial charge in [0.25, 0.3) is 0 Å². The first-order valence-corrected chi connectivity index (χ1v) is 7.73. The highest BCUT2D eigenvalue weighted by Gasteiger charge is 2.33. The Kier molecular flexibility index (Phi) is 3.69. The van der Waals surface area contributed by atoms with E-state index in [0.717, 1.165) is 6.07 Å². The van der Waals surface area contributed by atoms with Gasteiger partial charge in [-0.25, -0.2) is 18.6 Å². The molecule has 1 N–H and O–H groups in total. The van der Waals surface area contributed by atoms with E-state index in [9.17, 15) is 18.4 Å². The monoisotopic (exact) mass is 373 g/mol. The highest BCUT2D eigenvalue weighted by atomic mass is 35.5. The van der Waals surface area contributed by atoms with Gasteiger partial charge in [-0.15, -0.1) is 0 Å². The third kappa shape index (κ3) is 2.60. The van der Waals surface area contributed by atoms with Crippen molar-refractivity contribution in [2.24, 2.45) is 0 Å². The maximum absolute atomic E-state index is 14.3. The molecule has 129 valence electrons. The normalized spacial score (nSPS) is 13.2. The van der Waals surface area contributed by atoms with E-state index in [1.54, 1.807) is 24.3 Å². The lowest BCUT2D eigenvalue weighted by Crippen LogP contribution is -2.34. The lowest BCUT2D eigenvalue weighted by atomic mass is 10.2. The van der Waals surface area contributed by atoms with Crippen LogP contribution in [0.4, 0.5) is 19.4 Å². The maximum atomic E-state index is 14.3. The molecule has 0 fully saturated rings. The number of hydrogen-bond acceptors (Lipinski definition) is 3. The number of hydrogen-bond donors (Lipinski definition) is 1. The molecular formula is C17H8ClF2N4O2. The molecule has 6 nitrogen and oxygen atoms in total. The number of rotatable bonds is 2. The molecule has 0 spiro atoms. The largest absolute Gasteiger partial charge is 0.350 e. The maximum Gasteiger partial charge on any atom is 0.350 e. The lowest BCUT2D eigenvalue weighted by molar-refractivity contribution is 0.0954. The van der Waals surface area contributed by atoms with Crippen molar-refractivity contribution >= 4 is 29.4 Å². The van der Waals surface area contributed by atoms with Gasteiger partial charge in [0.2, 0.25) is 0 Å². The van der Waals surface area contributed by atoms with Gasteiger partial charge >= 0.3 is 11.9 Å². The van der Waals surface area contributed by atoms with E-state index in [1.807, 2.05) is 0 Å². The summed E-state index contributed by atoms with van der Waals surface area (Å²) >= 11 is 5.89. The zero-order valence-electron chi connectivity index (χ0n) is 12.8. The van der Waals surface area contributed by atoms with Crippen molar-refractivity contribution in [3.63, 3.8) is 0 Å². The van der Waals surface area contributed by atoms with Gasteiger partial charge in [-0.3, -0.25) is 14.7 Å². The van der Waals surface area contributed by atoms with Crippen molar-refractivity contribution in [1.29, 1.82) is 0 Å². The fraction of sp³-hybridized carbons (Fsp3) is 0. The van der Waals surface area contributed by atoms with Gasteiger partial charge in [0.15, 0.2) is 17.3 Å². The summed E-state index contributed by atoms with van der Waals surface area (Å²) in [6.07, 6.45) is 0. The van der Waals surface area contributed by atoms with Crippen molar-refractivity contribution in [3.8, 4) is 17.1 Å². The number of anilines is 1. The minimum absolute atomic E-state index is 0.0144. The molecule has 4 rings (SSSR count). The Labute approximate surface area is 150 Å². The molecule has 3 amide bonds. The summed E-state index contributed by atoms with van der Waals surface area (Å²) in [4.78, 5) is 27.9. The summed E-state index contributed by atoms with van der Waals surface area (Å²) in [6.45, 7) is 0. The van der Waals surface area contributed by atoms with Crippen molar-refractivity contribution in [3.05, 3.63) is 64.8 Å². The molecule has 9 heteroatoms. The van der Waals surface area contributed by atoms with Crippen molar-refractivity contribution in [2.45, 2.75) is 0 Å². The quantitative estimate of drug-likeness (QED) is 0.742. The van der Waals surface area contributed by atoms with Crippen LogP contribution >= 0.6 is 11.6 Å². The van der Waals surface area contributed by atoms with Crippen LogP contribution in [-0.4, -0.2) is 21.5 Å². The Morgan fingerprint density at radius 1 is 1.04 bits per heavy atom. The first-order valence-electron chi connectivity index (χ1n) is 7.35. The second-order valence-electron chi connectivity index (χ2n) is 5.42. The van der Waals surface area contributed by atoms with Crippen LogP contribution in [0, 0.1) is 11.6 Å². The molecule has 2 heterocycles. The topological polar surface area (TPSA) is 78.1 Å². The molecule has 0 unspecified atom stereocenters. The molecule has 1 aliphatic heterocycles. The number of halogens is 3. The molecule has 1 aliphatic rings. The number of imidazole rings is 1. The molecule has 0 saturated carbocycles. The number of carbonyl (C=O) groups is 2. The van der Waals surface area contributed by atoms with Crippen molar-refractivity contribution < 1.29 is 18.4 Å². The highest BCUT2D eigenvalue weighted by Crippen LogP contribution is 2.33. The van der Waals surface area contributed by atoms with Crippen molar-refractivity contribution in [1.82, 2.24) is 14.9 Å². The Morgan fingerprint density at radius 2 is 1.77 bits per heavy atom. The molecule has 0 aliphatic carbocycles. The van der Waals surface area contributed by atoms with Crippen LogP contribution in [0.3, 0.4) is 0 Å². The second-order valence-corrected chi connectivity index (χ2v) is 5.85. The van der Waals surface area contributed by atoms with Gasteiger partial charge in [0, 0.05) is 16.8 Å². The molecule has 0 atom stereocenters. The second kappa shape index (κ2) is 5.92. The standard InChI is InChI=1S/C17H8ClF2N4O2/c18-8-1-4-10(5-2-8)24-13-14(22-17(26)23-16(13)25)21-15(24)11-6-3-9(19)7-12(11)20/h1-7H,(H,22,26). The fourth-order valence-electron chi connectivity index (χ4n) is 2.67. The van der Waals surface area contributed by atoms with Gasteiger partial charge in [0.1, 0.15) is 11.6 Å². The number of carbonyl (C=O) groups excluding carboxylic acids is 2. The van der Waals surface area contributed by atoms with Crippen molar-refractivity contribution in [2.75, 3.05) is 5.32 Å². The molecule has 1 radical (unpaired) electrons.